The molecule has 1 N–H and O–H groups in total. The molecule has 2 aromatic rings. The van der Waals surface area contributed by atoms with Crippen molar-refractivity contribution in [2.24, 2.45) is 0 Å². The summed E-state index contributed by atoms with van der Waals surface area (Å²) in [6.07, 6.45) is 0. The van der Waals surface area contributed by atoms with Crippen LogP contribution in [0, 0.1) is 0 Å². The summed E-state index contributed by atoms with van der Waals surface area (Å²) >= 11 is 12.1. The average molecular weight is 420 g/mol. The van der Waals surface area contributed by atoms with Crippen molar-refractivity contribution in [2.45, 2.75) is 19.0 Å². The summed E-state index contributed by atoms with van der Waals surface area (Å²) in [5.41, 5.74) is 0.00895. The van der Waals surface area contributed by atoms with Gasteiger partial charge in [-0.05, 0) is 24.6 Å². The van der Waals surface area contributed by atoms with Crippen molar-refractivity contribution in [2.75, 3.05) is 13.6 Å². The van der Waals surface area contributed by atoms with Gasteiger partial charge >= 0.3 is 6.03 Å². The molecule has 0 saturated carbocycles. The first-order valence-corrected chi connectivity index (χ1v) is 9.35. The zero-order valence-corrected chi connectivity index (χ0v) is 16.9. The lowest BCUT2D eigenvalue weighted by Gasteiger charge is -2.24. The predicted molar refractivity (Wildman–Crippen MR) is 107 cm³/mol. The molecule has 0 aromatic heterocycles. The van der Waals surface area contributed by atoms with Crippen molar-refractivity contribution >= 4 is 41.0 Å². The Morgan fingerprint density at radius 3 is 2.46 bits per heavy atom. The third-order valence-electron chi connectivity index (χ3n) is 4.73. The minimum atomic E-state index is -1.36. The van der Waals surface area contributed by atoms with Gasteiger partial charge in [0.15, 0.2) is 0 Å². The lowest BCUT2D eigenvalue weighted by molar-refractivity contribution is -0.138. The highest BCUT2D eigenvalue weighted by Crippen LogP contribution is 2.34. The van der Waals surface area contributed by atoms with E-state index in [0.717, 1.165) is 10.5 Å². The van der Waals surface area contributed by atoms with E-state index in [9.17, 15) is 14.4 Å². The molecule has 1 saturated heterocycles. The zero-order valence-electron chi connectivity index (χ0n) is 15.4. The van der Waals surface area contributed by atoms with E-state index in [2.05, 4.69) is 5.32 Å². The van der Waals surface area contributed by atoms with Crippen LogP contribution in [0.25, 0.3) is 0 Å². The molecule has 28 heavy (non-hydrogen) atoms. The maximum Gasteiger partial charge on any atom is 0.325 e. The molecule has 146 valence electrons. The number of imide groups is 1. The van der Waals surface area contributed by atoms with Crippen molar-refractivity contribution < 1.29 is 14.4 Å². The Morgan fingerprint density at radius 1 is 1.14 bits per heavy atom. The maximum absolute atomic E-state index is 13.0. The molecule has 0 unspecified atom stereocenters. The second kappa shape index (κ2) is 7.81. The molecule has 8 heteroatoms. The van der Waals surface area contributed by atoms with E-state index in [-0.39, 0.29) is 17.5 Å². The van der Waals surface area contributed by atoms with E-state index < -0.39 is 17.5 Å². The van der Waals surface area contributed by atoms with Crippen LogP contribution < -0.4 is 5.32 Å². The predicted octanol–water partition coefficient (Wildman–Crippen LogP) is 3.42. The van der Waals surface area contributed by atoms with Crippen LogP contribution in [0.1, 0.15) is 18.1 Å². The molecule has 0 radical (unpaired) electrons. The van der Waals surface area contributed by atoms with Gasteiger partial charge in [0, 0.05) is 29.2 Å². The lowest BCUT2D eigenvalue weighted by Crippen LogP contribution is -2.43. The molecular weight excluding hydrogens is 401 g/mol. The second-order valence-corrected chi connectivity index (χ2v) is 7.65. The van der Waals surface area contributed by atoms with E-state index in [0.29, 0.717) is 17.1 Å². The van der Waals surface area contributed by atoms with Gasteiger partial charge in [0.2, 0.25) is 5.91 Å². The highest BCUT2D eigenvalue weighted by molar-refractivity contribution is 6.35. The summed E-state index contributed by atoms with van der Waals surface area (Å²) in [7, 11) is 1.63. The largest absolute Gasteiger partial charge is 0.340 e. The molecule has 0 aliphatic carbocycles. The van der Waals surface area contributed by atoms with E-state index >= 15 is 0 Å². The maximum atomic E-state index is 13.0. The molecule has 2 aromatic carbocycles. The van der Waals surface area contributed by atoms with Crippen LogP contribution in [0.2, 0.25) is 10.0 Å². The van der Waals surface area contributed by atoms with Crippen LogP contribution >= 0.6 is 23.2 Å². The van der Waals surface area contributed by atoms with Gasteiger partial charge in [-0.1, -0.05) is 59.6 Å². The molecular formula is C20H19Cl2N3O3. The van der Waals surface area contributed by atoms with Crippen LogP contribution in [-0.4, -0.2) is 41.2 Å². The van der Waals surface area contributed by atoms with Crippen molar-refractivity contribution in [3.8, 4) is 0 Å². The Kier molecular flexibility index (Phi) is 5.63. The van der Waals surface area contributed by atoms with E-state index in [1.165, 1.54) is 11.0 Å². The average Bonchev–Trinajstić information content (AvgIpc) is 2.86. The Hall–Kier alpha value is -2.57. The van der Waals surface area contributed by atoms with Crippen LogP contribution in [-0.2, 0) is 21.7 Å². The number of hydrogen-bond acceptors (Lipinski definition) is 3. The van der Waals surface area contributed by atoms with Gasteiger partial charge in [-0.15, -0.1) is 0 Å². The number of carbonyl (C=O) groups excluding carboxylic acids is 3. The van der Waals surface area contributed by atoms with Crippen LogP contribution in [0.5, 0.6) is 0 Å². The van der Waals surface area contributed by atoms with Crippen LogP contribution in [0.3, 0.4) is 0 Å². The number of halogens is 2. The Bertz CT molecular complexity index is 936. The van der Waals surface area contributed by atoms with E-state index in [4.69, 9.17) is 23.2 Å². The summed E-state index contributed by atoms with van der Waals surface area (Å²) in [5, 5.41) is 3.32. The van der Waals surface area contributed by atoms with E-state index in [1.54, 1.807) is 26.1 Å². The molecule has 1 fully saturated rings. The standard InChI is InChI=1S/C20H19Cl2N3O3/c1-20(15-9-8-14(21)10-16(15)22)18(27)25(19(28)23-20)12-17(26)24(2)11-13-6-4-3-5-7-13/h3-10H,11-12H2,1-2H3,(H,23,28)/t20-/m1/s1. The quantitative estimate of drug-likeness (QED) is 0.754. The molecule has 1 aliphatic heterocycles. The number of nitrogens with zero attached hydrogens (tertiary/aromatic N) is 2. The molecule has 6 nitrogen and oxygen atoms in total. The van der Waals surface area contributed by atoms with Crippen molar-refractivity contribution in [1.82, 2.24) is 15.1 Å². The fourth-order valence-electron chi connectivity index (χ4n) is 3.12. The fraction of sp³-hybridized carbons (Fsp3) is 0.250. The smallest absolute Gasteiger partial charge is 0.325 e. The summed E-state index contributed by atoms with van der Waals surface area (Å²) in [4.78, 5) is 40.3. The first-order chi connectivity index (χ1) is 13.2. The molecule has 0 spiro atoms. The molecule has 0 bridgehead atoms. The number of rotatable bonds is 5. The third-order valence-corrected chi connectivity index (χ3v) is 5.27. The minimum absolute atomic E-state index is 0.262. The zero-order chi connectivity index (χ0) is 20.5. The number of carbonyl (C=O) groups is 3. The number of benzene rings is 2. The monoisotopic (exact) mass is 419 g/mol. The van der Waals surface area contributed by atoms with Gasteiger partial charge in [-0.2, -0.15) is 0 Å². The lowest BCUT2D eigenvalue weighted by atomic mass is 9.92. The van der Waals surface area contributed by atoms with Gasteiger partial charge in [0.1, 0.15) is 12.1 Å². The first-order valence-electron chi connectivity index (χ1n) is 8.60. The number of hydrogen-bond donors (Lipinski definition) is 1. The topological polar surface area (TPSA) is 69.7 Å². The van der Waals surface area contributed by atoms with Gasteiger partial charge in [-0.3, -0.25) is 14.5 Å². The first kappa shape index (κ1) is 20.2. The number of likely N-dealkylation sites (N-methyl/N-ethyl adjacent to an activating group) is 1. The third kappa shape index (κ3) is 3.84. The molecule has 4 amide bonds. The summed E-state index contributed by atoms with van der Waals surface area (Å²) in [5.74, 6) is -0.887. The number of nitrogens with one attached hydrogen (secondary N) is 1. The second-order valence-electron chi connectivity index (χ2n) is 6.81. The molecule has 1 aliphatic rings. The minimum Gasteiger partial charge on any atom is -0.340 e. The Labute approximate surface area is 173 Å². The molecule has 1 heterocycles. The summed E-state index contributed by atoms with van der Waals surface area (Å²) < 4.78 is 0. The number of urea groups is 1. The van der Waals surface area contributed by atoms with Gasteiger partial charge < -0.3 is 10.2 Å². The molecule has 3 rings (SSSR count). The van der Waals surface area contributed by atoms with Crippen molar-refractivity contribution in [1.29, 1.82) is 0 Å². The van der Waals surface area contributed by atoms with Crippen molar-refractivity contribution in [3.05, 3.63) is 69.7 Å². The van der Waals surface area contributed by atoms with Crippen LogP contribution in [0.4, 0.5) is 4.79 Å². The van der Waals surface area contributed by atoms with Gasteiger partial charge in [-0.25, -0.2) is 4.79 Å². The Morgan fingerprint density at radius 2 is 1.82 bits per heavy atom. The van der Waals surface area contributed by atoms with Gasteiger partial charge in [0.25, 0.3) is 5.91 Å². The van der Waals surface area contributed by atoms with E-state index in [1.807, 2.05) is 30.3 Å². The number of amides is 4. The van der Waals surface area contributed by atoms with Crippen LogP contribution in [0.15, 0.2) is 48.5 Å². The normalized spacial score (nSPS) is 18.9. The summed E-state index contributed by atoms with van der Waals surface area (Å²) in [6.45, 7) is 1.58. The Balaban J connectivity index is 1.75. The molecule has 1 atom stereocenters. The summed E-state index contributed by atoms with van der Waals surface area (Å²) in [6, 6.07) is 13.5. The fourth-order valence-corrected chi connectivity index (χ4v) is 3.72. The van der Waals surface area contributed by atoms with Crippen molar-refractivity contribution in [3.63, 3.8) is 0 Å². The SMILES string of the molecule is CN(Cc1ccccc1)C(=O)CN1C(=O)N[C@](C)(c2ccc(Cl)cc2Cl)C1=O. The highest BCUT2D eigenvalue weighted by Gasteiger charge is 2.50. The highest BCUT2D eigenvalue weighted by atomic mass is 35.5. The van der Waals surface area contributed by atoms with Gasteiger partial charge in [0.05, 0.1) is 0 Å².